The summed E-state index contributed by atoms with van der Waals surface area (Å²) in [5.41, 5.74) is 5.95. The highest BCUT2D eigenvalue weighted by molar-refractivity contribution is 7.13. The number of aromatic nitrogens is 1. The molecule has 2 unspecified atom stereocenters. The van der Waals surface area contributed by atoms with Crippen molar-refractivity contribution in [3.05, 3.63) is 16.1 Å². The zero-order valence-electron chi connectivity index (χ0n) is 11.4. The van der Waals surface area contributed by atoms with Gasteiger partial charge in [0.2, 0.25) is 0 Å². The Morgan fingerprint density at radius 2 is 2.42 bits per heavy atom. The number of nitrogens with two attached hydrogens (primary N) is 1. The third-order valence-electron chi connectivity index (χ3n) is 3.24. The number of hydrogen-bond acceptors (Lipinski definition) is 5. The summed E-state index contributed by atoms with van der Waals surface area (Å²) >= 11 is 1.38. The molecule has 0 bridgehead atoms. The molecule has 0 radical (unpaired) electrons. The van der Waals surface area contributed by atoms with Gasteiger partial charge in [-0.15, -0.1) is 11.3 Å². The van der Waals surface area contributed by atoms with Gasteiger partial charge < -0.3 is 15.8 Å². The van der Waals surface area contributed by atoms with Crippen LogP contribution in [0.5, 0.6) is 0 Å². The summed E-state index contributed by atoms with van der Waals surface area (Å²) in [6, 6.07) is 0.0821. The maximum absolute atomic E-state index is 11.9. The molecule has 2 atom stereocenters. The highest BCUT2D eigenvalue weighted by Crippen LogP contribution is 2.31. The highest BCUT2D eigenvalue weighted by atomic mass is 32.1. The Morgan fingerprint density at radius 3 is 3.05 bits per heavy atom. The molecule has 5 nitrogen and oxygen atoms in total. The van der Waals surface area contributed by atoms with Gasteiger partial charge in [-0.2, -0.15) is 0 Å². The molecule has 106 valence electrons. The van der Waals surface area contributed by atoms with Crippen molar-refractivity contribution < 1.29 is 9.53 Å². The average molecular weight is 283 g/mol. The van der Waals surface area contributed by atoms with E-state index in [9.17, 15) is 4.79 Å². The van der Waals surface area contributed by atoms with Gasteiger partial charge in [0.1, 0.15) is 16.0 Å². The van der Waals surface area contributed by atoms with Gasteiger partial charge >= 0.3 is 0 Å². The molecule has 6 heteroatoms. The first-order chi connectivity index (χ1) is 9.11. The molecule has 1 heterocycles. The van der Waals surface area contributed by atoms with Crippen molar-refractivity contribution in [3.8, 4) is 0 Å². The van der Waals surface area contributed by atoms with Crippen LogP contribution in [0.3, 0.4) is 0 Å². The number of nitrogens with one attached hydrogen (secondary N) is 1. The molecule has 1 saturated carbocycles. The predicted molar refractivity (Wildman–Crippen MR) is 75.2 cm³/mol. The van der Waals surface area contributed by atoms with Gasteiger partial charge in [0, 0.05) is 19.2 Å². The number of thiazole rings is 1. The van der Waals surface area contributed by atoms with E-state index >= 15 is 0 Å². The number of ether oxygens (including phenoxy) is 1. The number of hydrogen-bond donors (Lipinski definition) is 2. The van der Waals surface area contributed by atoms with E-state index in [1.54, 1.807) is 6.20 Å². The smallest absolute Gasteiger partial charge is 0.263 e. The first-order valence-corrected chi connectivity index (χ1v) is 7.54. The van der Waals surface area contributed by atoms with Crippen LogP contribution >= 0.6 is 11.3 Å². The molecular formula is C13H21N3O2S. The third kappa shape index (κ3) is 3.99. The lowest BCUT2D eigenvalue weighted by molar-refractivity contribution is 0.0762. The minimum atomic E-state index is -0.0939. The zero-order valence-corrected chi connectivity index (χ0v) is 12.2. The molecule has 2 rings (SSSR count). The lowest BCUT2D eigenvalue weighted by Crippen LogP contribution is -2.38. The first kappa shape index (κ1) is 14.4. The van der Waals surface area contributed by atoms with E-state index in [0.717, 1.165) is 5.01 Å². The summed E-state index contributed by atoms with van der Waals surface area (Å²) in [5.74, 6) is 0.499. The van der Waals surface area contributed by atoms with Gasteiger partial charge in [-0.3, -0.25) is 4.79 Å². The zero-order chi connectivity index (χ0) is 13.8. The van der Waals surface area contributed by atoms with Crippen LogP contribution in [0.1, 0.15) is 47.5 Å². The van der Waals surface area contributed by atoms with Gasteiger partial charge in [0.15, 0.2) is 0 Å². The number of carbonyl (C=O) groups is 1. The Morgan fingerprint density at radius 1 is 1.68 bits per heavy atom. The standard InChI is InChI=1S/C13H21N3O2S/c1-3-18-8(2)13-16-7-11(19-13)12(17)15-6-10(14)9-4-5-9/h7-10H,3-6,14H2,1-2H3,(H,15,17). The molecule has 1 aliphatic rings. The monoisotopic (exact) mass is 283 g/mol. The van der Waals surface area contributed by atoms with Crippen LogP contribution in [0.2, 0.25) is 0 Å². The van der Waals surface area contributed by atoms with Crippen molar-refractivity contribution in [2.45, 2.75) is 38.8 Å². The summed E-state index contributed by atoms with van der Waals surface area (Å²) in [4.78, 5) is 16.8. The lowest BCUT2D eigenvalue weighted by atomic mass is 10.2. The maximum Gasteiger partial charge on any atom is 0.263 e. The molecule has 1 aliphatic carbocycles. The van der Waals surface area contributed by atoms with E-state index in [-0.39, 0.29) is 18.1 Å². The molecule has 0 saturated heterocycles. The normalized spacial score (nSPS) is 18.1. The van der Waals surface area contributed by atoms with Gasteiger partial charge in [0.05, 0.1) is 6.20 Å². The van der Waals surface area contributed by atoms with E-state index in [2.05, 4.69) is 10.3 Å². The summed E-state index contributed by atoms with van der Waals surface area (Å²) in [7, 11) is 0. The number of amides is 1. The van der Waals surface area contributed by atoms with E-state index in [4.69, 9.17) is 10.5 Å². The van der Waals surface area contributed by atoms with Gasteiger partial charge in [-0.05, 0) is 32.6 Å². The fourth-order valence-corrected chi connectivity index (χ4v) is 2.73. The molecule has 1 fully saturated rings. The van der Waals surface area contributed by atoms with Crippen LogP contribution in [-0.2, 0) is 4.74 Å². The van der Waals surface area contributed by atoms with Crippen molar-refractivity contribution in [1.82, 2.24) is 10.3 Å². The molecule has 0 spiro atoms. The average Bonchev–Trinajstić information content (AvgIpc) is 3.13. The lowest BCUT2D eigenvalue weighted by Gasteiger charge is -2.10. The third-order valence-corrected chi connectivity index (χ3v) is 4.39. The van der Waals surface area contributed by atoms with Gasteiger partial charge in [-0.1, -0.05) is 0 Å². The Balaban J connectivity index is 1.84. The Labute approximate surface area is 117 Å². The number of nitrogens with zero attached hydrogens (tertiary/aromatic N) is 1. The molecule has 1 aromatic heterocycles. The predicted octanol–water partition coefficient (Wildman–Crippen LogP) is 1.71. The van der Waals surface area contributed by atoms with Crippen molar-refractivity contribution in [1.29, 1.82) is 0 Å². The number of carbonyl (C=O) groups excluding carboxylic acids is 1. The summed E-state index contributed by atoms with van der Waals surface area (Å²) in [5, 5.41) is 3.70. The van der Waals surface area contributed by atoms with E-state index in [1.165, 1.54) is 24.2 Å². The fraction of sp³-hybridized carbons (Fsp3) is 0.692. The Bertz CT molecular complexity index is 431. The summed E-state index contributed by atoms with van der Waals surface area (Å²) in [6.45, 7) is 5.06. The van der Waals surface area contributed by atoms with Crippen LogP contribution in [0, 0.1) is 5.92 Å². The molecule has 0 aliphatic heterocycles. The van der Waals surface area contributed by atoms with Crippen LogP contribution in [0.15, 0.2) is 6.20 Å². The molecule has 1 aromatic rings. The van der Waals surface area contributed by atoms with Crippen molar-refractivity contribution in [2.75, 3.05) is 13.2 Å². The van der Waals surface area contributed by atoms with Crippen LogP contribution in [-0.4, -0.2) is 30.1 Å². The highest BCUT2D eigenvalue weighted by Gasteiger charge is 2.28. The molecule has 1 amide bonds. The molecule has 3 N–H and O–H groups in total. The molecular weight excluding hydrogens is 262 g/mol. The van der Waals surface area contributed by atoms with Gasteiger partial charge in [-0.25, -0.2) is 4.98 Å². The second-order valence-electron chi connectivity index (χ2n) is 4.87. The maximum atomic E-state index is 11.9. The van der Waals surface area contributed by atoms with Crippen molar-refractivity contribution in [2.24, 2.45) is 11.7 Å². The van der Waals surface area contributed by atoms with Crippen molar-refractivity contribution in [3.63, 3.8) is 0 Å². The van der Waals surface area contributed by atoms with E-state index in [1.807, 2.05) is 13.8 Å². The SMILES string of the molecule is CCOC(C)c1ncc(C(=O)NCC(N)C2CC2)s1. The van der Waals surface area contributed by atoms with E-state index in [0.29, 0.717) is 23.9 Å². The molecule has 19 heavy (non-hydrogen) atoms. The summed E-state index contributed by atoms with van der Waals surface area (Å²) < 4.78 is 5.46. The Hall–Kier alpha value is -0.980. The van der Waals surface area contributed by atoms with Crippen LogP contribution < -0.4 is 11.1 Å². The van der Waals surface area contributed by atoms with Crippen LogP contribution in [0.4, 0.5) is 0 Å². The van der Waals surface area contributed by atoms with Gasteiger partial charge in [0.25, 0.3) is 5.91 Å². The topological polar surface area (TPSA) is 77.2 Å². The quantitative estimate of drug-likeness (QED) is 0.798. The minimum Gasteiger partial charge on any atom is -0.372 e. The van der Waals surface area contributed by atoms with Crippen LogP contribution in [0.25, 0.3) is 0 Å². The fourth-order valence-electron chi connectivity index (χ4n) is 1.89. The first-order valence-electron chi connectivity index (χ1n) is 6.73. The second-order valence-corrected chi connectivity index (χ2v) is 5.93. The largest absolute Gasteiger partial charge is 0.372 e. The minimum absolute atomic E-state index is 0.0646. The van der Waals surface area contributed by atoms with Crippen molar-refractivity contribution >= 4 is 17.2 Å². The molecule has 0 aromatic carbocycles. The Kier molecular flexibility index (Phi) is 4.90. The second kappa shape index (κ2) is 6.45. The van der Waals surface area contributed by atoms with E-state index < -0.39 is 0 Å². The number of rotatable bonds is 7. The summed E-state index contributed by atoms with van der Waals surface area (Å²) in [6.07, 6.45) is 3.92.